The second kappa shape index (κ2) is 6.54. The molecular formula is C15H10BrClFN3O2S. The van der Waals surface area contributed by atoms with Crippen molar-refractivity contribution in [3.63, 3.8) is 0 Å². The standard InChI is InChI=1S/C15H10BrClFN3O2S/c16-13-5-11(18)6-14(17)15(13)24(22,23)21-12-3-1-2-9(4-12)10-7-19-20-8-10/h1-8,21H,(H,19,20). The third-order valence-electron chi connectivity index (χ3n) is 3.18. The summed E-state index contributed by atoms with van der Waals surface area (Å²) >= 11 is 8.93. The number of aromatic amines is 1. The van der Waals surface area contributed by atoms with Crippen LogP contribution in [0.2, 0.25) is 5.02 Å². The van der Waals surface area contributed by atoms with Crippen LogP contribution in [0.3, 0.4) is 0 Å². The third kappa shape index (κ3) is 3.45. The molecule has 0 atom stereocenters. The molecule has 0 bridgehead atoms. The normalized spacial score (nSPS) is 11.5. The highest BCUT2D eigenvalue weighted by Gasteiger charge is 2.22. The molecule has 0 saturated carbocycles. The fourth-order valence-corrected chi connectivity index (χ4v) is 5.03. The van der Waals surface area contributed by atoms with E-state index in [-0.39, 0.29) is 14.4 Å². The number of nitrogens with one attached hydrogen (secondary N) is 2. The van der Waals surface area contributed by atoms with E-state index in [1.165, 1.54) is 0 Å². The van der Waals surface area contributed by atoms with Crippen molar-refractivity contribution in [1.29, 1.82) is 0 Å². The number of hydrogen-bond acceptors (Lipinski definition) is 3. The van der Waals surface area contributed by atoms with E-state index in [0.29, 0.717) is 5.69 Å². The van der Waals surface area contributed by atoms with Crippen LogP contribution in [0.5, 0.6) is 0 Å². The molecule has 24 heavy (non-hydrogen) atoms. The molecule has 2 aromatic carbocycles. The van der Waals surface area contributed by atoms with Crippen LogP contribution in [0, 0.1) is 5.82 Å². The van der Waals surface area contributed by atoms with Gasteiger partial charge in [-0.25, -0.2) is 12.8 Å². The van der Waals surface area contributed by atoms with Crippen molar-refractivity contribution >= 4 is 43.2 Å². The average molecular weight is 431 g/mol. The van der Waals surface area contributed by atoms with E-state index in [0.717, 1.165) is 23.3 Å². The zero-order valence-electron chi connectivity index (χ0n) is 11.9. The molecular weight excluding hydrogens is 421 g/mol. The zero-order valence-corrected chi connectivity index (χ0v) is 15.1. The lowest BCUT2D eigenvalue weighted by Gasteiger charge is -2.12. The van der Waals surface area contributed by atoms with Gasteiger partial charge >= 0.3 is 0 Å². The van der Waals surface area contributed by atoms with Crippen LogP contribution in [-0.2, 0) is 10.0 Å². The monoisotopic (exact) mass is 429 g/mol. The minimum Gasteiger partial charge on any atom is -0.285 e. The summed E-state index contributed by atoms with van der Waals surface area (Å²) in [7, 11) is -4.00. The van der Waals surface area contributed by atoms with E-state index >= 15 is 0 Å². The number of sulfonamides is 1. The van der Waals surface area contributed by atoms with Crippen LogP contribution in [0.15, 0.2) is 58.2 Å². The highest BCUT2D eigenvalue weighted by molar-refractivity contribution is 9.10. The van der Waals surface area contributed by atoms with Crippen LogP contribution in [0.1, 0.15) is 0 Å². The summed E-state index contributed by atoms with van der Waals surface area (Å²) in [6, 6.07) is 8.79. The highest BCUT2D eigenvalue weighted by atomic mass is 79.9. The van der Waals surface area contributed by atoms with Crippen molar-refractivity contribution in [2.75, 3.05) is 4.72 Å². The molecule has 0 fully saturated rings. The van der Waals surface area contributed by atoms with Crippen molar-refractivity contribution < 1.29 is 12.8 Å². The van der Waals surface area contributed by atoms with Gasteiger partial charge in [-0.15, -0.1) is 0 Å². The molecule has 3 aromatic rings. The Kier molecular flexibility index (Phi) is 4.62. The largest absolute Gasteiger partial charge is 0.285 e. The smallest absolute Gasteiger partial charge is 0.264 e. The Hall–Kier alpha value is -1.90. The first kappa shape index (κ1) is 16.9. The second-order valence-electron chi connectivity index (χ2n) is 4.87. The molecule has 0 aliphatic rings. The molecule has 1 aromatic heterocycles. The summed E-state index contributed by atoms with van der Waals surface area (Å²) in [6.07, 6.45) is 3.32. The highest BCUT2D eigenvalue weighted by Crippen LogP contribution is 2.32. The molecule has 1 heterocycles. The second-order valence-corrected chi connectivity index (χ2v) is 7.75. The molecule has 0 aliphatic carbocycles. The summed E-state index contributed by atoms with van der Waals surface area (Å²) in [5.74, 6) is -0.632. The molecule has 0 spiro atoms. The maximum absolute atomic E-state index is 13.3. The van der Waals surface area contributed by atoms with Crippen molar-refractivity contribution in [3.8, 4) is 11.1 Å². The molecule has 0 aliphatic heterocycles. The zero-order chi connectivity index (χ0) is 17.3. The Bertz CT molecular complexity index is 971. The average Bonchev–Trinajstić information content (AvgIpc) is 2.99. The number of anilines is 1. The summed E-state index contributed by atoms with van der Waals surface area (Å²) in [6.45, 7) is 0. The number of hydrogen-bond donors (Lipinski definition) is 2. The van der Waals surface area contributed by atoms with Gasteiger partial charge in [0.25, 0.3) is 10.0 Å². The van der Waals surface area contributed by atoms with E-state index in [1.807, 2.05) is 6.07 Å². The van der Waals surface area contributed by atoms with Gasteiger partial charge in [0.2, 0.25) is 0 Å². The number of nitrogens with zero attached hydrogens (tertiary/aromatic N) is 1. The van der Waals surface area contributed by atoms with Gasteiger partial charge in [0.15, 0.2) is 0 Å². The van der Waals surface area contributed by atoms with Gasteiger partial charge in [-0.3, -0.25) is 9.82 Å². The quantitative estimate of drug-likeness (QED) is 0.643. The van der Waals surface area contributed by atoms with Gasteiger partial charge < -0.3 is 0 Å². The first-order valence-electron chi connectivity index (χ1n) is 6.63. The Morgan fingerprint density at radius 3 is 2.67 bits per heavy atom. The fraction of sp³-hybridized carbons (Fsp3) is 0. The lowest BCUT2D eigenvalue weighted by molar-refractivity contribution is 0.599. The number of benzene rings is 2. The molecule has 3 rings (SSSR count). The Morgan fingerprint density at radius 2 is 2.00 bits per heavy atom. The van der Waals surface area contributed by atoms with Gasteiger partial charge in [-0.1, -0.05) is 23.7 Å². The third-order valence-corrected chi connectivity index (χ3v) is 5.96. The SMILES string of the molecule is O=S(=O)(Nc1cccc(-c2cn[nH]c2)c1)c1c(Cl)cc(F)cc1Br. The van der Waals surface area contributed by atoms with Gasteiger partial charge in [0, 0.05) is 21.9 Å². The number of halogens is 3. The van der Waals surface area contributed by atoms with Crippen LogP contribution < -0.4 is 4.72 Å². The van der Waals surface area contributed by atoms with Crippen molar-refractivity contribution in [2.24, 2.45) is 0 Å². The first-order chi connectivity index (χ1) is 11.4. The van der Waals surface area contributed by atoms with Crippen LogP contribution in [-0.4, -0.2) is 18.6 Å². The minimum absolute atomic E-state index is 0.0472. The molecule has 0 radical (unpaired) electrons. The summed E-state index contributed by atoms with van der Waals surface area (Å²) < 4.78 is 41.0. The molecule has 124 valence electrons. The maximum Gasteiger partial charge on any atom is 0.264 e. The van der Waals surface area contributed by atoms with E-state index in [1.54, 1.807) is 30.6 Å². The fourth-order valence-electron chi connectivity index (χ4n) is 2.16. The van der Waals surface area contributed by atoms with Gasteiger partial charge in [0.1, 0.15) is 10.7 Å². The van der Waals surface area contributed by atoms with Crippen LogP contribution in [0.4, 0.5) is 10.1 Å². The summed E-state index contributed by atoms with van der Waals surface area (Å²) in [4.78, 5) is -0.223. The Morgan fingerprint density at radius 1 is 1.21 bits per heavy atom. The minimum atomic E-state index is -4.00. The maximum atomic E-state index is 13.3. The van der Waals surface area contributed by atoms with Gasteiger partial charge in [0.05, 0.1) is 11.2 Å². The van der Waals surface area contributed by atoms with Gasteiger partial charge in [-0.2, -0.15) is 5.10 Å². The van der Waals surface area contributed by atoms with Crippen molar-refractivity contribution in [2.45, 2.75) is 4.90 Å². The van der Waals surface area contributed by atoms with Crippen molar-refractivity contribution in [3.05, 3.63) is 64.1 Å². The van der Waals surface area contributed by atoms with Gasteiger partial charge in [-0.05, 0) is 45.8 Å². The van der Waals surface area contributed by atoms with Crippen molar-refractivity contribution in [1.82, 2.24) is 10.2 Å². The van der Waals surface area contributed by atoms with Crippen LogP contribution >= 0.6 is 27.5 Å². The molecule has 9 heteroatoms. The topological polar surface area (TPSA) is 74.8 Å². The van der Waals surface area contributed by atoms with E-state index in [4.69, 9.17) is 11.6 Å². The molecule has 0 amide bonds. The number of aromatic nitrogens is 2. The summed E-state index contributed by atoms with van der Waals surface area (Å²) in [5.41, 5.74) is 1.95. The number of rotatable bonds is 4. The molecule has 0 saturated heterocycles. The predicted octanol–water partition coefficient (Wildman–Crippen LogP) is 4.43. The summed E-state index contributed by atoms with van der Waals surface area (Å²) in [5, 5.41) is 6.35. The number of H-pyrrole nitrogens is 1. The van der Waals surface area contributed by atoms with E-state index < -0.39 is 15.8 Å². The predicted molar refractivity (Wildman–Crippen MR) is 93.9 cm³/mol. The first-order valence-corrected chi connectivity index (χ1v) is 9.29. The van der Waals surface area contributed by atoms with Crippen LogP contribution in [0.25, 0.3) is 11.1 Å². The lowest BCUT2D eigenvalue weighted by Crippen LogP contribution is -2.14. The molecule has 0 unspecified atom stereocenters. The van der Waals surface area contributed by atoms with E-state index in [9.17, 15) is 12.8 Å². The Labute approximate surface area is 151 Å². The van der Waals surface area contributed by atoms with E-state index in [2.05, 4.69) is 30.8 Å². The molecule has 5 nitrogen and oxygen atoms in total. The molecule has 2 N–H and O–H groups in total. The Balaban J connectivity index is 1.98. The lowest BCUT2D eigenvalue weighted by atomic mass is 10.1.